The van der Waals surface area contributed by atoms with Crippen LogP contribution < -0.4 is 5.32 Å². The molecule has 5 heteroatoms. The van der Waals surface area contributed by atoms with E-state index in [0.717, 1.165) is 10.2 Å². The van der Waals surface area contributed by atoms with Gasteiger partial charge < -0.3 is 5.32 Å². The van der Waals surface area contributed by atoms with Crippen molar-refractivity contribution in [2.75, 3.05) is 5.32 Å². The van der Waals surface area contributed by atoms with Crippen LogP contribution in [0.25, 0.3) is 0 Å². The summed E-state index contributed by atoms with van der Waals surface area (Å²) in [6, 6.07) is 7.39. The van der Waals surface area contributed by atoms with Crippen LogP contribution in [0.3, 0.4) is 0 Å². The summed E-state index contributed by atoms with van der Waals surface area (Å²) in [5.41, 5.74) is 0.866. The Morgan fingerprint density at radius 3 is 2.60 bits per heavy atom. The number of nitrogens with zero attached hydrogens (tertiary/aromatic N) is 2. The first-order valence-corrected chi connectivity index (χ1v) is 5.41. The minimum absolute atomic E-state index is 0.542. The third kappa shape index (κ3) is 2.91. The molecule has 1 N–H and O–H groups in total. The third-order valence-corrected chi connectivity index (χ3v) is 2.35. The minimum Gasteiger partial charge on any atom is -0.324 e. The summed E-state index contributed by atoms with van der Waals surface area (Å²) >= 11 is 9.12. The molecule has 0 radical (unpaired) electrons. The summed E-state index contributed by atoms with van der Waals surface area (Å²) in [6.45, 7) is 0. The molecule has 1 heterocycles. The van der Waals surface area contributed by atoms with Crippen molar-refractivity contribution in [3.05, 3.63) is 46.2 Å². The first-order chi connectivity index (χ1) is 7.24. The Morgan fingerprint density at radius 1 is 1.20 bits per heavy atom. The fraction of sp³-hybridized carbons (Fsp3) is 0. The molecule has 0 saturated heterocycles. The lowest BCUT2D eigenvalue weighted by Gasteiger charge is -2.04. The lowest BCUT2D eigenvalue weighted by molar-refractivity contribution is 1.15. The van der Waals surface area contributed by atoms with E-state index in [9.17, 15) is 0 Å². The molecule has 0 aliphatic rings. The Balaban J connectivity index is 2.18. The summed E-state index contributed by atoms with van der Waals surface area (Å²) in [6.07, 6.45) is 3.36. The summed E-state index contributed by atoms with van der Waals surface area (Å²) in [7, 11) is 0. The first kappa shape index (κ1) is 10.4. The van der Waals surface area contributed by atoms with Gasteiger partial charge in [0, 0.05) is 23.1 Å². The summed E-state index contributed by atoms with van der Waals surface area (Å²) in [5, 5.41) is 3.72. The Morgan fingerprint density at radius 2 is 1.93 bits per heavy atom. The zero-order valence-electron chi connectivity index (χ0n) is 7.61. The molecular formula is C10H7BrClN3. The second-order valence-corrected chi connectivity index (χ2v) is 4.21. The molecule has 0 fully saturated rings. The van der Waals surface area contributed by atoms with Crippen LogP contribution in [0, 0.1) is 0 Å². The number of nitrogens with one attached hydrogen (secondary N) is 1. The maximum atomic E-state index is 5.85. The molecule has 0 spiro atoms. The van der Waals surface area contributed by atoms with Gasteiger partial charge in [-0.1, -0.05) is 17.7 Å². The zero-order chi connectivity index (χ0) is 10.7. The highest BCUT2D eigenvalue weighted by Crippen LogP contribution is 2.18. The largest absolute Gasteiger partial charge is 0.324 e. The van der Waals surface area contributed by atoms with Crippen molar-refractivity contribution in [1.82, 2.24) is 9.97 Å². The van der Waals surface area contributed by atoms with E-state index < -0.39 is 0 Å². The molecular weight excluding hydrogens is 277 g/mol. The molecule has 0 bridgehead atoms. The van der Waals surface area contributed by atoms with Crippen molar-refractivity contribution in [2.24, 2.45) is 0 Å². The number of halogens is 2. The number of rotatable bonds is 2. The number of hydrogen-bond donors (Lipinski definition) is 1. The molecule has 2 rings (SSSR count). The molecule has 1 aromatic carbocycles. The van der Waals surface area contributed by atoms with Crippen molar-refractivity contribution in [3.63, 3.8) is 0 Å². The number of anilines is 2. The van der Waals surface area contributed by atoms with Gasteiger partial charge in [0.2, 0.25) is 5.95 Å². The maximum absolute atomic E-state index is 5.85. The topological polar surface area (TPSA) is 37.8 Å². The summed E-state index contributed by atoms with van der Waals surface area (Å²) in [5.74, 6) is 0.542. The Hall–Kier alpha value is -1.13. The van der Waals surface area contributed by atoms with Gasteiger partial charge >= 0.3 is 0 Å². The van der Waals surface area contributed by atoms with Crippen molar-refractivity contribution >= 4 is 39.2 Å². The first-order valence-electron chi connectivity index (χ1n) is 4.24. The van der Waals surface area contributed by atoms with E-state index in [4.69, 9.17) is 11.6 Å². The fourth-order valence-electron chi connectivity index (χ4n) is 1.07. The van der Waals surface area contributed by atoms with Crippen LogP contribution in [0.2, 0.25) is 5.02 Å². The molecule has 2 aromatic rings. The Labute approximate surface area is 101 Å². The van der Waals surface area contributed by atoms with Crippen molar-refractivity contribution in [1.29, 1.82) is 0 Å². The van der Waals surface area contributed by atoms with Crippen LogP contribution in [-0.4, -0.2) is 9.97 Å². The van der Waals surface area contributed by atoms with Gasteiger partial charge in [-0.2, -0.15) is 0 Å². The SMILES string of the molecule is Clc1cccc(Nc2ncc(Br)cn2)c1. The van der Waals surface area contributed by atoms with Gasteiger partial charge in [0.05, 0.1) is 4.47 Å². The summed E-state index contributed by atoms with van der Waals surface area (Å²) in [4.78, 5) is 8.18. The Kier molecular flexibility index (Phi) is 3.18. The fourth-order valence-corrected chi connectivity index (χ4v) is 1.47. The van der Waals surface area contributed by atoms with E-state index in [2.05, 4.69) is 31.2 Å². The van der Waals surface area contributed by atoms with Crippen LogP contribution >= 0.6 is 27.5 Å². The van der Waals surface area contributed by atoms with Crippen LogP contribution in [-0.2, 0) is 0 Å². The van der Waals surface area contributed by atoms with Crippen molar-refractivity contribution in [3.8, 4) is 0 Å². The van der Waals surface area contributed by atoms with Gasteiger partial charge in [0.25, 0.3) is 0 Å². The van der Waals surface area contributed by atoms with Crippen molar-refractivity contribution < 1.29 is 0 Å². The highest BCUT2D eigenvalue weighted by Gasteiger charge is 1.97. The number of aromatic nitrogens is 2. The molecule has 0 aliphatic heterocycles. The second kappa shape index (κ2) is 4.59. The Bertz CT molecular complexity index is 458. The van der Waals surface area contributed by atoms with Gasteiger partial charge in [-0.05, 0) is 34.1 Å². The van der Waals surface area contributed by atoms with Gasteiger partial charge in [-0.25, -0.2) is 9.97 Å². The molecule has 0 aliphatic carbocycles. The van der Waals surface area contributed by atoms with Crippen LogP contribution in [0.1, 0.15) is 0 Å². The molecule has 0 amide bonds. The summed E-state index contributed by atoms with van der Waals surface area (Å²) < 4.78 is 0.846. The van der Waals surface area contributed by atoms with E-state index in [1.165, 1.54) is 0 Å². The minimum atomic E-state index is 0.542. The predicted octanol–water partition coefficient (Wildman–Crippen LogP) is 3.64. The van der Waals surface area contributed by atoms with E-state index in [1.807, 2.05) is 24.3 Å². The molecule has 0 unspecified atom stereocenters. The smallest absolute Gasteiger partial charge is 0.227 e. The van der Waals surface area contributed by atoms with Gasteiger partial charge in [0.1, 0.15) is 0 Å². The zero-order valence-corrected chi connectivity index (χ0v) is 9.96. The van der Waals surface area contributed by atoms with Crippen molar-refractivity contribution in [2.45, 2.75) is 0 Å². The van der Waals surface area contributed by atoms with Crippen LogP contribution in [0.4, 0.5) is 11.6 Å². The maximum Gasteiger partial charge on any atom is 0.227 e. The lowest BCUT2D eigenvalue weighted by Crippen LogP contribution is -1.95. The van der Waals surface area contributed by atoms with E-state index in [-0.39, 0.29) is 0 Å². The number of benzene rings is 1. The highest BCUT2D eigenvalue weighted by atomic mass is 79.9. The molecule has 1 aromatic heterocycles. The second-order valence-electron chi connectivity index (χ2n) is 2.86. The third-order valence-electron chi connectivity index (χ3n) is 1.70. The quantitative estimate of drug-likeness (QED) is 0.915. The van der Waals surface area contributed by atoms with Gasteiger partial charge in [-0.3, -0.25) is 0 Å². The predicted molar refractivity (Wildman–Crippen MR) is 64.5 cm³/mol. The van der Waals surface area contributed by atoms with Crippen LogP contribution in [0.15, 0.2) is 41.1 Å². The van der Waals surface area contributed by atoms with E-state index in [1.54, 1.807) is 12.4 Å². The average molecular weight is 285 g/mol. The van der Waals surface area contributed by atoms with E-state index >= 15 is 0 Å². The molecule has 0 atom stereocenters. The average Bonchev–Trinajstić information content (AvgIpc) is 2.22. The molecule has 0 saturated carbocycles. The lowest BCUT2D eigenvalue weighted by atomic mass is 10.3. The molecule has 3 nitrogen and oxygen atoms in total. The molecule has 15 heavy (non-hydrogen) atoms. The van der Waals surface area contributed by atoms with Gasteiger partial charge in [-0.15, -0.1) is 0 Å². The van der Waals surface area contributed by atoms with E-state index in [0.29, 0.717) is 11.0 Å². The number of hydrogen-bond acceptors (Lipinski definition) is 3. The monoisotopic (exact) mass is 283 g/mol. The van der Waals surface area contributed by atoms with Gasteiger partial charge in [0.15, 0.2) is 0 Å². The normalized spacial score (nSPS) is 10.0. The van der Waals surface area contributed by atoms with Crippen LogP contribution in [0.5, 0.6) is 0 Å². The highest BCUT2D eigenvalue weighted by molar-refractivity contribution is 9.10. The standard InChI is InChI=1S/C10H7BrClN3/c11-7-5-13-10(14-6-7)15-9-3-1-2-8(12)4-9/h1-6H,(H,13,14,15). The molecule has 76 valence electrons.